The van der Waals surface area contributed by atoms with Gasteiger partial charge in [-0.3, -0.25) is 5.43 Å². The summed E-state index contributed by atoms with van der Waals surface area (Å²) in [6.45, 7) is 7.92. The van der Waals surface area contributed by atoms with Crippen molar-refractivity contribution >= 4 is 11.9 Å². The van der Waals surface area contributed by atoms with E-state index >= 15 is 0 Å². The summed E-state index contributed by atoms with van der Waals surface area (Å²) >= 11 is 0. The molecule has 0 saturated carbocycles. The Morgan fingerprint density at radius 3 is 2.85 bits per heavy atom. The van der Waals surface area contributed by atoms with Crippen LogP contribution in [0, 0.1) is 0 Å². The van der Waals surface area contributed by atoms with Crippen LogP contribution in [0.15, 0.2) is 0 Å². The number of hydrogen-bond acceptors (Lipinski definition) is 8. The van der Waals surface area contributed by atoms with Gasteiger partial charge in [0.2, 0.25) is 11.9 Å². The predicted octanol–water partition coefficient (Wildman–Crippen LogP) is 0.560. The Hall–Kier alpha value is -1.67. The average molecular weight is 282 g/mol. The van der Waals surface area contributed by atoms with E-state index in [-0.39, 0.29) is 18.2 Å². The number of aromatic nitrogens is 3. The number of anilines is 2. The van der Waals surface area contributed by atoms with Crippen LogP contribution in [-0.2, 0) is 4.74 Å². The lowest BCUT2D eigenvalue weighted by molar-refractivity contribution is 0.0292. The minimum absolute atomic E-state index is 0.138. The van der Waals surface area contributed by atoms with Crippen molar-refractivity contribution in [2.24, 2.45) is 5.84 Å². The smallest absolute Gasteiger partial charge is 0.323 e. The molecule has 8 heteroatoms. The molecule has 8 nitrogen and oxygen atoms in total. The van der Waals surface area contributed by atoms with Gasteiger partial charge in [0, 0.05) is 6.54 Å². The maximum absolute atomic E-state index is 5.68. The zero-order valence-corrected chi connectivity index (χ0v) is 12.2. The third kappa shape index (κ3) is 3.26. The fourth-order valence-electron chi connectivity index (χ4n) is 2.16. The number of nitrogens with zero attached hydrogens (tertiary/aromatic N) is 4. The normalized spacial score (nSPS) is 22.7. The van der Waals surface area contributed by atoms with Crippen molar-refractivity contribution in [1.82, 2.24) is 15.0 Å². The minimum atomic E-state index is 0.138. The van der Waals surface area contributed by atoms with Gasteiger partial charge in [-0.2, -0.15) is 15.0 Å². The first-order valence-electron chi connectivity index (χ1n) is 6.91. The van der Waals surface area contributed by atoms with Crippen LogP contribution < -0.4 is 20.9 Å². The molecular formula is C12H22N6O2. The molecule has 0 aromatic carbocycles. The van der Waals surface area contributed by atoms with Crippen LogP contribution in [0.5, 0.6) is 6.01 Å². The first-order chi connectivity index (χ1) is 9.67. The standard InChI is InChI=1S/C12H22N6O2/c1-4-9-7-20-8(3)6-18(9)11-14-10(17-13)15-12(16-11)19-5-2/h8-9H,4-7,13H2,1-3H3,(H,14,15,16,17). The highest BCUT2D eigenvalue weighted by molar-refractivity contribution is 5.39. The maximum Gasteiger partial charge on any atom is 0.323 e. The molecule has 1 fully saturated rings. The van der Waals surface area contributed by atoms with Crippen molar-refractivity contribution in [2.45, 2.75) is 39.3 Å². The summed E-state index contributed by atoms with van der Waals surface area (Å²) in [7, 11) is 0. The maximum atomic E-state index is 5.68. The summed E-state index contributed by atoms with van der Waals surface area (Å²) in [5, 5.41) is 0. The number of morpholine rings is 1. The van der Waals surface area contributed by atoms with Crippen molar-refractivity contribution in [1.29, 1.82) is 0 Å². The molecule has 20 heavy (non-hydrogen) atoms. The SMILES string of the molecule is CCOc1nc(NN)nc(N2CC(C)OCC2CC)n1. The van der Waals surface area contributed by atoms with E-state index in [0.29, 0.717) is 25.1 Å². The van der Waals surface area contributed by atoms with Gasteiger partial charge in [0.1, 0.15) is 0 Å². The first kappa shape index (κ1) is 14.7. The predicted molar refractivity (Wildman–Crippen MR) is 75.6 cm³/mol. The van der Waals surface area contributed by atoms with E-state index in [9.17, 15) is 0 Å². The van der Waals surface area contributed by atoms with Crippen LogP contribution in [0.25, 0.3) is 0 Å². The molecule has 1 aliphatic rings. The molecule has 2 heterocycles. The molecule has 0 spiro atoms. The topological polar surface area (TPSA) is 98.4 Å². The molecule has 0 aliphatic carbocycles. The summed E-state index contributed by atoms with van der Waals surface area (Å²) < 4.78 is 11.0. The number of nitrogen functional groups attached to an aromatic ring is 1. The van der Waals surface area contributed by atoms with Gasteiger partial charge in [0.25, 0.3) is 0 Å². The third-order valence-electron chi connectivity index (χ3n) is 3.20. The number of ether oxygens (including phenoxy) is 2. The number of nitrogens with two attached hydrogens (primary N) is 1. The fourth-order valence-corrected chi connectivity index (χ4v) is 2.16. The number of nitrogens with one attached hydrogen (secondary N) is 1. The summed E-state index contributed by atoms with van der Waals surface area (Å²) in [5.41, 5.74) is 2.45. The Morgan fingerprint density at radius 2 is 2.20 bits per heavy atom. The average Bonchev–Trinajstić information content (AvgIpc) is 2.47. The fraction of sp³-hybridized carbons (Fsp3) is 0.750. The van der Waals surface area contributed by atoms with E-state index in [1.807, 2.05) is 13.8 Å². The molecule has 0 bridgehead atoms. The second-order valence-corrected chi connectivity index (χ2v) is 4.68. The van der Waals surface area contributed by atoms with E-state index < -0.39 is 0 Å². The van der Waals surface area contributed by atoms with Gasteiger partial charge in [-0.05, 0) is 20.3 Å². The molecule has 2 unspecified atom stereocenters. The molecule has 1 aliphatic heterocycles. The minimum Gasteiger partial charge on any atom is -0.464 e. The van der Waals surface area contributed by atoms with Crippen LogP contribution in [-0.4, -0.2) is 46.9 Å². The van der Waals surface area contributed by atoms with Crippen molar-refractivity contribution in [3.8, 4) is 6.01 Å². The van der Waals surface area contributed by atoms with E-state index in [2.05, 4.69) is 32.2 Å². The van der Waals surface area contributed by atoms with Gasteiger partial charge in [-0.1, -0.05) is 6.92 Å². The third-order valence-corrected chi connectivity index (χ3v) is 3.20. The van der Waals surface area contributed by atoms with E-state index in [1.54, 1.807) is 0 Å². The monoisotopic (exact) mass is 282 g/mol. The zero-order valence-electron chi connectivity index (χ0n) is 12.2. The summed E-state index contributed by atoms with van der Waals surface area (Å²) in [6.07, 6.45) is 1.09. The Kier molecular flexibility index (Phi) is 4.91. The van der Waals surface area contributed by atoms with Crippen molar-refractivity contribution in [2.75, 3.05) is 30.1 Å². The lowest BCUT2D eigenvalue weighted by Gasteiger charge is -2.38. The van der Waals surface area contributed by atoms with Gasteiger partial charge < -0.3 is 14.4 Å². The van der Waals surface area contributed by atoms with E-state index in [1.165, 1.54) is 0 Å². The highest BCUT2D eigenvalue weighted by Crippen LogP contribution is 2.22. The van der Waals surface area contributed by atoms with Gasteiger partial charge in [-0.25, -0.2) is 5.84 Å². The summed E-state index contributed by atoms with van der Waals surface area (Å²) in [5.74, 6) is 6.27. The van der Waals surface area contributed by atoms with Crippen molar-refractivity contribution in [3.63, 3.8) is 0 Å². The molecule has 0 radical (unpaired) electrons. The molecule has 1 aromatic rings. The second kappa shape index (κ2) is 6.67. The Labute approximate surface area is 118 Å². The molecule has 112 valence electrons. The quantitative estimate of drug-likeness (QED) is 0.597. The second-order valence-electron chi connectivity index (χ2n) is 4.68. The van der Waals surface area contributed by atoms with Crippen LogP contribution >= 0.6 is 0 Å². The van der Waals surface area contributed by atoms with Gasteiger partial charge in [-0.15, -0.1) is 0 Å². The van der Waals surface area contributed by atoms with Gasteiger partial charge in [0.05, 0.1) is 25.4 Å². The molecule has 0 amide bonds. The van der Waals surface area contributed by atoms with Crippen LogP contribution in [0.1, 0.15) is 27.2 Å². The van der Waals surface area contributed by atoms with E-state index in [4.69, 9.17) is 15.3 Å². The van der Waals surface area contributed by atoms with Crippen LogP contribution in [0.3, 0.4) is 0 Å². The largest absolute Gasteiger partial charge is 0.464 e. The zero-order chi connectivity index (χ0) is 14.5. The molecule has 1 aromatic heterocycles. The molecule has 3 N–H and O–H groups in total. The number of rotatable bonds is 5. The summed E-state index contributed by atoms with van der Waals surface area (Å²) in [6, 6.07) is 0.521. The molecule has 2 atom stereocenters. The van der Waals surface area contributed by atoms with Crippen molar-refractivity contribution < 1.29 is 9.47 Å². The molecular weight excluding hydrogens is 260 g/mol. The van der Waals surface area contributed by atoms with Gasteiger partial charge in [0.15, 0.2) is 0 Å². The molecule has 1 saturated heterocycles. The van der Waals surface area contributed by atoms with E-state index in [0.717, 1.165) is 13.0 Å². The Morgan fingerprint density at radius 1 is 1.40 bits per heavy atom. The number of hydrazine groups is 1. The molecule has 2 rings (SSSR count). The van der Waals surface area contributed by atoms with Gasteiger partial charge >= 0.3 is 6.01 Å². The lowest BCUT2D eigenvalue weighted by atomic mass is 10.1. The number of hydrogen-bond donors (Lipinski definition) is 2. The Balaban J connectivity index is 2.30. The Bertz CT molecular complexity index is 444. The highest BCUT2D eigenvalue weighted by Gasteiger charge is 2.28. The van der Waals surface area contributed by atoms with Crippen LogP contribution in [0.4, 0.5) is 11.9 Å². The first-order valence-corrected chi connectivity index (χ1v) is 6.91. The summed E-state index contributed by atoms with van der Waals surface area (Å²) in [4.78, 5) is 14.9. The van der Waals surface area contributed by atoms with Crippen LogP contribution in [0.2, 0.25) is 0 Å². The van der Waals surface area contributed by atoms with Crippen molar-refractivity contribution in [3.05, 3.63) is 0 Å². The highest BCUT2D eigenvalue weighted by atomic mass is 16.5. The lowest BCUT2D eigenvalue weighted by Crippen LogP contribution is -2.49.